The Morgan fingerprint density at radius 2 is 1.79 bits per heavy atom. The molecule has 0 aromatic carbocycles. The van der Waals surface area contributed by atoms with Gasteiger partial charge >= 0.3 is 5.97 Å². The highest BCUT2D eigenvalue weighted by atomic mass is 32.2. The minimum atomic E-state index is -3.28. The molecule has 7 nitrogen and oxygen atoms in total. The summed E-state index contributed by atoms with van der Waals surface area (Å²) in [4.78, 5) is 22.8. The van der Waals surface area contributed by atoms with Crippen molar-refractivity contribution < 1.29 is 23.1 Å². The molecule has 0 aromatic rings. The van der Waals surface area contributed by atoms with E-state index in [4.69, 9.17) is 5.11 Å². The molecule has 0 aromatic heterocycles. The van der Waals surface area contributed by atoms with Crippen LogP contribution in [0.2, 0.25) is 0 Å². The highest BCUT2D eigenvalue weighted by Gasteiger charge is 2.38. The third-order valence-electron chi connectivity index (χ3n) is 3.10. The molecule has 0 spiro atoms. The topological polar surface area (TPSA) is 113 Å². The van der Waals surface area contributed by atoms with E-state index in [1.165, 1.54) is 6.92 Å². The minimum Gasteiger partial charge on any atom is -0.481 e. The number of hydrogen-bond donors (Lipinski definition) is 3. The number of rotatable bonds is 8. The second kappa shape index (κ2) is 6.85. The number of nitrogens with one attached hydrogen (secondary N) is 2. The zero-order valence-electron chi connectivity index (χ0n) is 11.7. The summed E-state index contributed by atoms with van der Waals surface area (Å²) >= 11 is 0. The normalized spacial score (nSPS) is 15.0. The van der Waals surface area contributed by atoms with E-state index >= 15 is 0 Å². The van der Waals surface area contributed by atoms with Crippen LogP contribution in [0.25, 0.3) is 0 Å². The van der Waals surface area contributed by atoms with E-state index in [2.05, 4.69) is 10.0 Å². The molecule has 112 valence electrons. The lowest BCUT2D eigenvalue weighted by Crippen LogP contribution is -2.41. The number of amides is 1. The standard InChI is InChI=1S/C11H22N2O5S/c1-8(2)11(3,10(15)16)7-9(14)12-5-6-13-19(4,17)18/h8,13H,5-7H2,1-4H3,(H,12,14)(H,15,16). The van der Waals surface area contributed by atoms with Crippen LogP contribution in [0.3, 0.4) is 0 Å². The van der Waals surface area contributed by atoms with E-state index < -0.39 is 27.3 Å². The van der Waals surface area contributed by atoms with E-state index in [0.717, 1.165) is 6.26 Å². The van der Waals surface area contributed by atoms with Crippen molar-refractivity contribution in [3.05, 3.63) is 0 Å². The number of carbonyl (C=O) groups is 2. The van der Waals surface area contributed by atoms with Gasteiger partial charge in [-0.1, -0.05) is 13.8 Å². The monoisotopic (exact) mass is 294 g/mol. The van der Waals surface area contributed by atoms with Crippen LogP contribution in [0.1, 0.15) is 27.2 Å². The molecule has 0 aliphatic heterocycles. The SMILES string of the molecule is CC(C)C(C)(CC(=O)NCCNS(C)(=O)=O)C(=O)O. The van der Waals surface area contributed by atoms with Gasteiger partial charge in [-0.15, -0.1) is 0 Å². The smallest absolute Gasteiger partial charge is 0.310 e. The summed E-state index contributed by atoms with van der Waals surface area (Å²) in [6.07, 6.45) is 0.883. The van der Waals surface area contributed by atoms with Crippen LogP contribution in [0.5, 0.6) is 0 Å². The van der Waals surface area contributed by atoms with Crippen molar-refractivity contribution in [2.45, 2.75) is 27.2 Å². The summed E-state index contributed by atoms with van der Waals surface area (Å²) in [7, 11) is -3.28. The van der Waals surface area contributed by atoms with Gasteiger partial charge < -0.3 is 10.4 Å². The quantitative estimate of drug-likeness (QED) is 0.536. The number of carboxylic acids is 1. The summed E-state index contributed by atoms with van der Waals surface area (Å²) in [6, 6.07) is 0. The molecule has 0 rings (SSSR count). The molecule has 0 heterocycles. The first-order valence-corrected chi connectivity index (χ1v) is 7.83. The summed E-state index contributed by atoms with van der Waals surface area (Å²) < 4.78 is 23.8. The molecule has 3 N–H and O–H groups in total. The van der Waals surface area contributed by atoms with Gasteiger partial charge in [0.1, 0.15) is 0 Å². The van der Waals surface area contributed by atoms with Gasteiger partial charge in [0, 0.05) is 19.5 Å². The van der Waals surface area contributed by atoms with E-state index in [-0.39, 0.29) is 25.4 Å². The molecular weight excluding hydrogens is 272 g/mol. The van der Waals surface area contributed by atoms with Crippen molar-refractivity contribution in [1.29, 1.82) is 0 Å². The molecule has 0 aliphatic carbocycles. The fraction of sp³-hybridized carbons (Fsp3) is 0.818. The lowest BCUT2D eigenvalue weighted by atomic mass is 9.76. The van der Waals surface area contributed by atoms with Gasteiger partial charge in [0.15, 0.2) is 0 Å². The first kappa shape index (κ1) is 17.8. The van der Waals surface area contributed by atoms with Gasteiger partial charge in [0.05, 0.1) is 11.7 Å². The number of hydrogen-bond acceptors (Lipinski definition) is 4. The van der Waals surface area contributed by atoms with Crippen LogP contribution >= 0.6 is 0 Å². The first-order chi connectivity index (χ1) is 8.49. The maximum atomic E-state index is 11.6. The van der Waals surface area contributed by atoms with Crippen LogP contribution in [0.4, 0.5) is 0 Å². The number of aliphatic carboxylic acids is 1. The third-order valence-corrected chi connectivity index (χ3v) is 3.83. The Morgan fingerprint density at radius 1 is 1.26 bits per heavy atom. The Hall–Kier alpha value is -1.15. The Morgan fingerprint density at radius 3 is 2.16 bits per heavy atom. The Bertz CT molecular complexity index is 432. The second-order valence-electron chi connectivity index (χ2n) is 5.07. The molecule has 0 saturated heterocycles. The highest BCUT2D eigenvalue weighted by molar-refractivity contribution is 7.88. The van der Waals surface area contributed by atoms with E-state index in [1.54, 1.807) is 13.8 Å². The van der Waals surface area contributed by atoms with Crippen LogP contribution in [-0.2, 0) is 19.6 Å². The van der Waals surface area contributed by atoms with Gasteiger partial charge in [-0.2, -0.15) is 0 Å². The summed E-state index contributed by atoms with van der Waals surface area (Å²) in [5.41, 5.74) is -1.13. The highest BCUT2D eigenvalue weighted by Crippen LogP contribution is 2.31. The molecule has 1 unspecified atom stereocenters. The van der Waals surface area contributed by atoms with Crippen LogP contribution < -0.4 is 10.0 Å². The van der Waals surface area contributed by atoms with Crippen molar-refractivity contribution in [3.8, 4) is 0 Å². The molecule has 8 heteroatoms. The summed E-state index contributed by atoms with van der Waals surface area (Å²) in [6.45, 7) is 5.21. The van der Waals surface area contributed by atoms with E-state index in [1.807, 2.05) is 0 Å². The lowest BCUT2D eigenvalue weighted by molar-refractivity contribution is -0.153. The minimum absolute atomic E-state index is 0.0794. The van der Waals surface area contributed by atoms with Crippen LogP contribution in [0, 0.1) is 11.3 Å². The Labute approximate surface area is 113 Å². The first-order valence-electron chi connectivity index (χ1n) is 5.94. The molecule has 0 radical (unpaired) electrons. The maximum absolute atomic E-state index is 11.6. The molecule has 0 aliphatic rings. The van der Waals surface area contributed by atoms with Crippen molar-refractivity contribution in [2.75, 3.05) is 19.3 Å². The molecule has 1 atom stereocenters. The largest absolute Gasteiger partial charge is 0.481 e. The van der Waals surface area contributed by atoms with Gasteiger partial charge in [0.2, 0.25) is 15.9 Å². The summed E-state index contributed by atoms with van der Waals surface area (Å²) in [5, 5.41) is 11.6. The third kappa shape index (κ3) is 6.53. The van der Waals surface area contributed by atoms with Gasteiger partial charge in [-0.25, -0.2) is 13.1 Å². The number of carbonyl (C=O) groups excluding carboxylic acids is 1. The average Bonchev–Trinajstić information content (AvgIpc) is 2.22. The maximum Gasteiger partial charge on any atom is 0.310 e. The second-order valence-corrected chi connectivity index (χ2v) is 6.90. The Kier molecular flexibility index (Phi) is 6.44. The molecule has 0 saturated carbocycles. The van der Waals surface area contributed by atoms with E-state index in [0.29, 0.717) is 0 Å². The summed E-state index contributed by atoms with van der Waals surface area (Å²) in [5.74, 6) is -1.62. The molecular formula is C11H22N2O5S. The van der Waals surface area contributed by atoms with Crippen LogP contribution in [0.15, 0.2) is 0 Å². The fourth-order valence-electron chi connectivity index (χ4n) is 1.36. The fourth-order valence-corrected chi connectivity index (χ4v) is 1.83. The van der Waals surface area contributed by atoms with Gasteiger partial charge in [-0.05, 0) is 12.8 Å². The lowest BCUT2D eigenvalue weighted by Gasteiger charge is -2.28. The zero-order valence-corrected chi connectivity index (χ0v) is 12.5. The average molecular weight is 294 g/mol. The van der Waals surface area contributed by atoms with Gasteiger partial charge in [0.25, 0.3) is 0 Å². The van der Waals surface area contributed by atoms with Gasteiger partial charge in [-0.3, -0.25) is 9.59 Å². The van der Waals surface area contributed by atoms with Crippen LogP contribution in [-0.4, -0.2) is 44.7 Å². The van der Waals surface area contributed by atoms with Crippen molar-refractivity contribution in [3.63, 3.8) is 0 Å². The Balaban J connectivity index is 4.27. The molecule has 0 bridgehead atoms. The van der Waals surface area contributed by atoms with Crippen molar-refractivity contribution in [1.82, 2.24) is 10.0 Å². The number of sulfonamides is 1. The predicted octanol–water partition coefficient (Wildman–Crippen LogP) is -0.211. The van der Waals surface area contributed by atoms with Crippen molar-refractivity contribution >= 4 is 21.9 Å². The number of carboxylic acid groups (broad SMARTS) is 1. The molecule has 0 fully saturated rings. The zero-order chi connectivity index (χ0) is 15.3. The molecule has 19 heavy (non-hydrogen) atoms. The predicted molar refractivity (Wildman–Crippen MR) is 71.1 cm³/mol. The van der Waals surface area contributed by atoms with Crippen molar-refractivity contribution in [2.24, 2.45) is 11.3 Å². The van der Waals surface area contributed by atoms with E-state index in [9.17, 15) is 18.0 Å². The molecule has 1 amide bonds.